The van der Waals surface area contributed by atoms with Gasteiger partial charge < -0.3 is 9.47 Å². The van der Waals surface area contributed by atoms with E-state index in [2.05, 4.69) is 6.92 Å². The summed E-state index contributed by atoms with van der Waals surface area (Å²) in [5.74, 6) is 0.636. The van der Waals surface area contributed by atoms with E-state index >= 15 is 0 Å². The molecule has 0 atom stereocenters. The Morgan fingerprint density at radius 1 is 1.18 bits per heavy atom. The number of piperidine rings is 1. The number of halogens is 1. The van der Waals surface area contributed by atoms with Gasteiger partial charge in [-0.2, -0.15) is 0 Å². The van der Waals surface area contributed by atoms with Crippen molar-refractivity contribution in [3.05, 3.63) is 54.1 Å². The minimum Gasteiger partial charge on any atom is -0.342 e. The van der Waals surface area contributed by atoms with Crippen molar-refractivity contribution < 1.29 is 9.18 Å². The molecule has 3 nitrogen and oxygen atoms in total. The first-order valence-corrected chi connectivity index (χ1v) is 7.83. The summed E-state index contributed by atoms with van der Waals surface area (Å²) < 4.78 is 15.0. The highest BCUT2D eigenvalue weighted by atomic mass is 19.1. The summed E-state index contributed by atoms with van der Waals surface area (Å²) in [7, 11) is 0. The van der Waals surface area contributed by atoms with Gasteiger partial charge >= 0.3 is 0 Å². The molecular formula is C18H21FN2O. The van der Waals surface area contributed by atoms with E-state index < -0.39 is 0 Å². The van der Waals surface area contributed by atoms with Gasteiger partial charge in [0.05, 0.1) is 6.42 Å². The van der Waals surface area contributed by atoms with Gasteiger partial charge in [0, 0.05) is 30.7 Å². The lowest BCUT2D eigenvalue weighted by Crippen LogP contribution is -2.39. The number of carbonyl (C=O) groups excluding carboxylic acids is 1. The molecule has 116 valence electrons. The predicted octanol–water partition coefficient (Wildman–Crippen LogP) is 3.42. The van der Waals surface area contributed by atoms with Gasteiger partial charge in [-0.15, -0.1) is 0 Å². The van der Waals surface area contributed by atoms with E-state index in [1.807, 2.05) is 27.8 Å². The summed E-state index contributed by atoms with van der Waals surface area (Å²) in [5.41, 5.74) is 1.82. The fraction of sp³-hybridized carbons (Fsp3) is 0.389. The van der Waals surface area contributed by atoms with Gasteiger partial charge in [0.25, 0.3) is 0 Å². The summed E-state index contributed by atoms with van der Waals surface area (Å²) in [6, 6.07) is 10.2. The number of likely N-dealkylation sites (tertiary alicyclic amines) is 1. The number of rotatable bonds is 3. The largest absolute Gasteiger partial charge is 0.342 e. The Balaban J connectivity index is 1.72. The third kappa shape index (κ3) is 3.21. The van der Waals surface area contributed by atoms with E-state index in [0.29, 0.717) is 12.3 Å². The Kier molecular flexibility index (Phi) is 4.27. The predicted molar refractivity (Wildman–Crippen MR) is 84.4 cm³/mol. The molecule has 0 bridgehead atoms. The second-order valence-corrected chi connectivity index (χ2v) is 6.09. The van der Waals surface area contributed by atoms with Crippen LogP contribution < -0.4 is 0 Å². The van der Waals surface area contributed by atoms with E-state index in [1.165, 1.54) is 12.1 Å². The van der Waals surface area contributed by atoms with Gasteiger partial charge in [-0.1, -0.05) is 6.92 Å². The smallest absolute Gasteiger partial charge is 0.228 e. The first kappa shape index (κ1) is 14.8. The SMILES string of the molecule is CC1CCN(C(=O)Cc2cccn2-c2ccc(F)cc2)CC1. The number of nitrogens with zero attached hydrogens (tertiary/aromatic N) is 2. The lowest BCUT2D eigenvalue weighted by molar-refractivity contribution is -0.131. The maximum absolute atomic E-state index is 13.0. The molecule has 0 radical (unpaired) electrons. The molecule has 0 unspecified atom stereocenters. The van der Waals surface area contributed by atoms with E-state index in [1.54, 1.807) is 12.1 Å². The zero-order valence-electron chi connectivity index (χ0n) is 12.8. The molecule has 2 heterocycles. The topological polar surface area (TPSA) is 25.2 Å². The summed E-state index contributed by atoms with van der Waals surface area (Å²) in [5, 5.41) is 0. The van der Waals surface area contributed by atoms with Crippen LogP contribution in [0.2, 0.25) is 0 Å². The number of carbonyl (C=O) groups is 1. The summed E-state index contributed by atoms with van der Waals surface area (Å²) in [6.07, 6.45) is 4.47. The molecular weight excluding hydrogens is 279 g/mol. The van der Waals surface area contributed by atoms with Crippen LogP contribution in [-0.4, -0.2) is 28.5 Å². The van der Waals surface area contributed by atoms with Crippen molar-refractivity contribution in [2.75, 3.05) is 13.1 Å². The molecule has 1 aliphatic rings. The van der Waals surface area contributed by atoms with Crippen LogP contribution >= 0.6 is 0 Å². The van der Waals surface area contributed by atoms with Crippen molar-refractivity contribution in [3.8, 4) is 5.69 Å². The average Bonchev–Trinajstić information content (AvgIpc) is 2.97. The zero-order valence-corrected chi connectivity index (χ0v) is 12.8. The molecule has 0 N–H and O–H groups in total. The molecule has 0 saturated carbocycles. The van der Waals surface area contributed by atoms with Gasteiger partial charge in [-0.05, 0) is 55.2 Å². The highest BCUT2D eigenvalue weighted by Gasteiger charge is 2.21. The number of benzene rings is 1. The summed E-state index contributed by atoms with van der Waals surface area (Å²) >= 11 is 0. The summed E-state index contributed by atoms with van der Waals surface area (Å²) in [6.45, 7) is 3.95. The van der Waals surface area contributed by atoms with Crippen molar-refractivity contribution >= 4 is 5.91 Å². The normalized spacial score (nSPS) is 16.0. The molecule has 1 fully saturated rings. The van der Waals surface area contributed by atoms with Gasteiger partial charge in [0.2, 0.25) is 5.91 Å². The molecule has 3 rings (SSSR count). The highest BCUT2D eigenvalue weighted by molar-refractivity contribution is 5.78. The average molecular weight is 300 g/mol. The van der Waals surface area contributed by atoms with Crippen LogP contribution in [0.15, 0.2) is 42.6 Å². The Labute approximate surface area is 130 Å². The monoisotopic (exact) mass is 300 g/mol. The second-order valence-electron chi connectivity index (χ2n) is 6.09. The summed E-state index contributed by atoms with van der Waals surface area (Å²) in [4.78, 5) is 14.4. The van der Waals surface area contributed by atoms with Crippen LogP contribution in [0.4, 0.5) is 4.39 Å². The Bertz CT molecular complexity index is 639. The number of hydrogen-bond donors (Lipinski definition) is 0. The maximum Gasteiger partial charge on any atom is 0.228 e. The van der Waals surface area contributed by atoms with Crippen LogP contribution in [-0.2, 0) is 11.2 Å². The molecule has 1 aliphatic heterocycles. The fourth-order valence-electron chi connectivity index (χ4n) is 2.94. The van der Waals surface area contributed by atoms with Gasteiger partial charge in [-0.25, -0.2) is 4.39 Å². The molecule has 22 heavy (non-hydrogen) atoms. The van der Waals surface area contributed by atoms with Crippen molar-refractivity contribution in [1.82, 2.24) is 9.47 Å². The van der Waals surface area contributed by atoms with Crippen molar-refractivity contribution in [2.24, 2.45) is 5.92 Å². The van der Waals surface area contributed by atoms with E-state index in [4.69, 9.17) is 0 Å². The first-order chi connectivity index (χ1) is 10.6. The quantitative estimate of drug-likeness (QED) is 0.852. The van der Waals surface area contributed by atoms with Gasteiger partial charge in [0.15, 0.2) is 0 Å². The first-order valence-electron chi connectivity index (χ1n) is 7.83. The lowest BCUT2D eigenvalue weighted by atomic mass is 9.99. The molecule has 4 heteroatoms. The Hall–Kier alpha value is -2.10. The zero-order chi connectivity index (χ0) is 15.5. The molecule has 2 aromatic rings. The lowest BCUT2D eigenvalue weighted by Gasteiger charge is -2.30. The highest BCUT2D eigenvalue weighted by Crippen LogP contribution is 2.18. The van der Waals surface area contributed by atoms with E-state index in [9.17, 15) is 9.18 Å². The second kappa shape index (κ2) is 6.34. The van der Waals surface area contributed by atoms with Crippen LogP contribution in [0, 0.1) is 11.7 Å². The van der Waals surface area contributed by atoms with Crippen molar-refractivity contribution in [2.45, 2.75) is 26.2 Å². The number of aromatic nitrogens is 1. The molecule has 1 saturated heterocycles. The minimum absolute atomic E-state index is 0.175. The third-order valence-electron chi connectivity index (χ3n) is 4.41. The Morgan fingerprint density at radius 3 is 2.55 bits per heavy atom. The molecule has 1 amide bonds. The molecule has 1 aromatic heterocycles. The standard InChI is InChI=1S/C18H21FN2O/c1-14-8-11-20(12-9-14)18(22)13-17-3-2-10-21(17)16-6-4-15(19)5-7-16/h2-7,10,14H,8-9,11-13H2,1H3. The third-order valence-corrected chi connectivity index (χ3v) is 4.41. The molecule has 1 aromatic carbocycles. The van der Waals surface area contributed by atoms with Crippen molar-refractivity contribution in [1.29, 1.82) is 0 Å². The maximum atomic E-state index is 13.0. The number of hydrogen-bond acceptors (Lipinski definition) is 1. The van der Waals surface area contributed by atoms with Gasteiger partial charge in [0.1, 0.15) is 5.82 Å². The Morgan fingerprint density at radius 2 is 1.86 bits per heavy atom. The van der Waals surface area contributed by atoms with E-state index in [0.717, 1.165) is 37.3 Å². The molecule has 0 spiro atoms. The van der Waals surface area contributed by atoms with Crippen molar-refractivity contribution in [3.63, 3.8) is 0 Å². The molecule has 0 aliphatic carbocycles. The van der Waals surface area contributed by atoms with E-state index in [-0.39, 0.29) is 11.7 Å². The minimum atomic E-state index is -0.254. The van der Waals surface area contributed by atoms with Gasteiger partial charge in [-0.3, -0.25) is 4.79 Å². The number of amides is 1. The van der Waals surface area contributed by atoms with Crippen LogP contribution in [0.25, 0.3) is 5.69 Å². The van der Waals surface area contributed by atoms with Crippen LogP contribution in [0.5, 0.6) is 0 Å². The van der Waals surface area contributed by atoms with Crippen LogP contribution in [0.3, 0.4) is 0 Å². The fourth-order valence-corrected chi connectivity index (χ4v) is 2.94. The van der Waals surface area contributed by atoms with Crippen LogP contribution in [0.1, 0.15) is 25.5 Å².